The van der Waals surface area contributed by atoms with Gasteiger partial charge < -0.3 is 4.74 Å². The lowest BCUT2D eigenvalue weighted by Crippen LogP contribution is -2.17. The van der Waals surface area contributed by atoms with Crippen LogP contribution in [-0.4, -0.2) is 21.3 Å². The second-order valence-corrected chi connectivity index (χ2v) is 6.25. The van der Waals surface area contributed by atoms with Gasteiger partial charge in [-0.25, -0.2) is 8.42 Å². The highest BCUT2D eigenvalue weighted by molar-refractivity contribution is 7.92. The highest BCUT2D eigenvalue weighted by atomic mass is 32.2. The Morgan fingerprint density at radius 2 is 1.83 bits per heavy atom. The number of benzene rings is 1. The molecule has 0 spiro atoms. The summed E-state index contributed by atoms with van der Waals surface area (Å²) in [6.45, 7) is 5.87. The van der Waals surface area contributed by atoms with Crippen molar-refractivity contribution in [3.63, 3.8) is 0 Å². The van der Waals surface area contributed by atoms with E-state index in [1.54, 1.807) is 6.07 Å². The third-order valence-electron chi connectivity index (χ3n) is 2.85. The normalized spacial score (nSPS) is 11.3. The Balaban J connectivity index is 3.00. The number of ether oxygens (including phenoxy) is 1. The fourth-order valence-corrected chi connectivity index (χ4v) is 2.86. The minimum Gasteiger partial charge on any atom is -0.495 e. The molecule has 0 heterocycles. The average molecular weight is 271 g/mol. The molecule has 0 radical (unpaired) electrons. The molecule has 0 fully saturated rings. The van der Waals surface area contributed by atoms with E-state index in [4.69, 9.17) is 4.74 Å². The molecule has 0 aliphatic carbocycles. The van der Waals surface area contributed by atoms with Gasteiger partial charge >= 0.3 is 0 Å². The number of hydrogen-bond acceptors (Lipinski definition) is 3. The van der Waals surface area contributed by atoms with E-state index in [9.17, 15) is 8.42 Å². The monoisotopic (exact) mass is 271 g/mol. The SMILES string of the molecule is CCCCS(=O)(=O)Nc1cc(C)c(C)cc1OC. The lowest BCUT2D eigenvalue weighted by Gasteiger charge is -2.14. The van der Waals surface area contributed by atoms with Crippen molar-refractivity contribution in [1.29, 1.82) is 0 Å². The van der Waals surface area contributed by atoms with Gasteiger partial charge in [0.25, 0.3) is 0 Å². The molecule has 1 rings (SSSR count). The molecule has 1 aromatic rings. The summed E-state index contributed by atoms with van der Waals surface area (Å²) in [6.07, 6.45) is 1.51. The fraction of sp³-hybridized carbons (Fsp3) is 0.538. The molecule has 0 saturated carbocycles. The molecule has 1 N–H and O–H groups in total. The maximum Gasteiger partial charge on any atom is 0.232 e. The zero-order chi connectivity index (χ0) is 13.8. The Hall–Kier alpha value is -1.23. The Morgan fingerprint density at radius 1 is 1.22 bits per heavy atom. The average Bonchev–Trinajstić information content (AvgIpc) is 2.30. The first-order chi connectivity index (χ1) is 8.39. The smallest absolute Gasteiger partial charge is 0.232 e. The highest BCUT2D eigenvalue weighted by Gasteiger charge is 2.14. The van der Waals surface area contributed by atoms with Crippen LogP contribution in [0.15, 0.2) is 12.1 Å². The minimum absolute atomic E-state index is 0.138. The van der Waals surface area contributed by atoms with Gasteiger partial charge in [0.05, 0.1) is 18.6 Å². The lowest BCUT2D eigenvalue weighted by molar-refractivity contribution is 0.416. The van der Waals surface area contributed by atoms with Crippen molar-refractivity contribution in [2.45, 2.75) is 33.6 Å². The molecule has 4 nitrogen and oxygen atoms in total. The first-order valence-electron chi connectivity index (χ1n) is 6.05. The van der Waals surface area contributed by atoms with E-state index in [1.165, 1.54) is 7.11 Å². The number of anilines is 1. The predicted molar refractivity (Wildman–Crippen MR) is 74.8 cm³/mol. The maximum atomic E-state index is 11.9. The van der Waals surface area contributed by atoms with E-state index in [2.05, 4.69) is 4.72 Å². The molecule has 0 aromatic heterocycles. The molecule has 0 amide bonds. The maximum absolute atomic E-state index is 11.9. The second kappa shape index (κ2) is 6.09. The van der Waals surface area contributed by atoms with Gasteiger partial charge in [0.15, 0.2) is 0 Å². The lowest BCUT2D eigenvalue weighted by atomic mass is 10.1. The summed E-state index contributed by atoms with van der Waals surface area (Å²) >= 11 is 0. The second-order valence-electron chi connectivity index (χ2n) is 4.41. The Bertz CT molecular complexity index is 509. The minimum atomic E-state index is -3.29. The number of unbranched alkanes of at least 4 members (excludes halogenated alkanes) is 1. The molecule has 0 unspecified atom stereocenters. The van der Waals surface area contributed by atoms with Gasteiger partial charge in [-0.1, -0.05) is 13.3 Å². The number of hydrogen-bond donors (Lipinski definition) is 1. The molecule has 102 valence electrons. The molecule has 5 heteroatoms. The molecule has 18 heavy (non-hydrogen) atoms. The van der Waals surface area contributed by atoms with E-state index >= 15 is 0 Å². The number of sulfonamides is 1. The van der Waals surface area contributed by atoms with E-state index in [-0.39, 0.29) is 5.75 Å². The summed E-state index contributed by atoms with van der Waals surface area (Å²) < 4.78 is 31.5. The predicted octanol–water partition coefficient (Wildman–Crippen LogP) is 2.85. The van der Waals surface area contributed by atoms with Crippen molar-refractivity contribution < 1.29 is 13.2 Å². The Labute approximate surface area is 109 Å². The molecule has 0 aliphatic heterocycles. The molecular weight excluding hydrogens is 250 g/mol. The zero-order valence-electron chi connectivity index (χ0n) is 11.4. The van der Waals surface area contributed by atoms with Crippen LogP contribution in [0.3, 0.4) is 0 Å². The van der Waals surface area contributed by atoms with Crippen LogP contribution in [0.1, 0.15) is 30.9 Å². The molecule has 0 aliphatic rings. The Morgan fingerprint density at radius 3 is 2.39 bits per heavy atom. The van der Waals surface area contributed by atoms with Crippen molar-refractivity contribution >= 4 is 15.7 Å². The van der Waals surface area contributed by atoms with Crippen molar-refractivity contribution in [1.82, 2.24) is 0 Å². The van der Waals surface area contributed by atoms with Crippen LogP contribution in [0.25, 0.3) is 0 Å². The quantitative estimate of drug-likeness (QED) is 0.865. The van der Waals surface area contributed by atoms with Gasteiger partial charge in [-0.05, 0) is 43.5 Å². The summed E-state index contributed by atoms with van der Waals surface area (Å²) in [5, 5.41) is 0. The third-order valence-corrected chi connectivity index (χ3v) is 4.20. The number of rotatable bonds is 6. The first-order valence-corrected chi connectivity index (χ1v) is 7.70. The van der Waals surface area contributed by atoms with E-state index < -0.39 is 10.0 Å². The molecule has 0 saturated heterocycles. The third kappa shape index (κ3) is 3.91. The summed E-state index contributed by atoms with van der Waals surface area (Å²) in [6, 6.07) is 3.64. The molecular formula is C13H21NO3S. The van der Waals surface area contributed by atoms with Crippen LogP contribution in [0.5, 0.6) is 5.75 Å². The van der Waals surface area contributed by atoms with Crippen molar-refractivity contribution in [2.24, 2.45) is 0 Å². The summed E-state index contributed by atoms with van der Waals surface area (Å²) in [4.78, 5) is 0. The molecule has 0 atom stereocenters. The van der Waals surface area contributed by atoms with E-state index in [0.717, 1.165) is 17.5 Å². The largest absolute Gasteiger partial charge is 0.495 e. The summed E-state index contributed by atoms with van der Waals surface area (Å²) in [7, 11) is -1.75. The van der Waals surface area contributed by atoms with Crippen LogP contribution in [0, 0.1) is 13.8 Å². The molecule has 1 aromatic carbocycles. The van der Waals surface area contributed by atoms with E-state index in [1.807, 2.05) is 26.8 Å². The summed E-state index contributed by atoms with van der Waals surface area (Å²) in [5.74, 6) is 0.692. The highest BCUT2D eigenvalue weighted by Crippen LogP contribution is 2.28. The first kappa shape index (κ1) is 14.8. The van der Waals surface area contributed by atoms with Crippen LogP contribution in [-0.2, 0) is 10.0 Å². The number of methoxy groups -OCH3 is 1. The van der Waals surface area contributed by atoms with Gasteiger partial charge in [-0.3, -0.25) is 4.72 Å². The van der Waals surface area contributed by atoms with Gasteiger partial charge in [-0.2, -0.15) is 0 Å². The van der Waals surface area contributed by atoms with Crippen LogP contribution in [0.4, 0.5) is 5.69 Å². The number of aryl methyl sites for hydroxylation is 2. The number of nitrogens with one attached hydrogen (secondary N) is 1. The van der Waals surface area contributed by atoms with Gasteiger partial charge in [0.1, 0.15) is 5.75 Å². The van der Waals surface area contributed by atoms with Gasteiger partial charge in [0.2, 0.25) is 10.0 Å². The van der Waals surface area contributed by atoms with Crippen molar-refractivity contribution in [2.75, 3.05) is 17.6 Å². The fourth-order valence-electron chi connectivity index (χ4n) is 1.59. The van der Waals surface area contributed by atoms with Crippen LogP contribution >= 0.6 is 0 Å². The van der Waals surface area contributed by atoms with Crippen molar-refractivity contribution in [3.05, 3.63) is 23.3 Å². The van der Waals surface area contributed by atoms with Crippen LogP contribution < -0.4 is 9.46 Å². The van der Waals surface area contributed by atoms with Gasteiger partial charge in [0, 0.05) is 0 Å². The van der Waals surface area contributed by atoms with Gasteiger partial charge in [-0.15, -0.1) is 0 Å². The van der Waals surface area contributed by atoms with Crippen LogP contribution in [0.2, 0.25) is 0 Å². The Kier molecular flexibility index (Phi) is 5.02. The summed E-state index contributed by atoms with van der Waals surface area (Å²) in [5.41, 5.74) is 2.61. The van der Waals surface area contributed by atoms with E-state index in [0.29, 0.717) is 17.9 Å². The standard InChI is InChI=1S/C13H21NO3S/c1-5-6-7-18(15,16)14-12-8-10(2)11(3)9-13(12)17-4/h8-9,14H,5-7H2,1-4H3. The molecule has 0 bridgehead atoms. The van der Waals surface area contributed by atoms with Crippen molar-refractivity contribution in [3.8, 4) is 5.75 Å². The topological polar surface area (TPSA) is 55.4 Å². The zero-order valence-corrected chi connectivity index (χ0v) is 12.2.